The molecule has 3 aromatic carbocycles. The van der Waals surface area contributed by atoms with Crippen LogP contribution in [0.25, 0.3) is 0 Å². The van der Waals surface area contributed by atoms with Gasteiger partial charge in [-0.05, 0) is 61.0 Å². The van der Waals surface area contributed by atoms with Crippen LogP contribution >= 0.6 is 12.2 Å². The van der Waals surface area contributed by atoms with Crippen molar-refractivity contribution in [3.05, 3.63) is 102 Å². The fraction of sp³-hybridized carbons (Fsp3) is 0.241. The summed E-state index contributed by atoms with van der Waals surface area (Å²) in [4.78, 5) is 41.8. The number of anilines is 1. The van der Waals surface area contributed by atoms with Crippen molar-refractivity contribution in [3.8, 4) is 0 Å². The van der Waals surface area contributed by atoms with Crippen LogP contribution in [0.2, 0.25) is 0 Å². The molecule has 0 bridgehead atoms. The molecule has 4 rings (SSSR count). The van der Waals surface area contributed by atoms with Crippen molar-refractivity contribution in [1.29, 1.82) is 0 Å². The summed E-state index contributed by atoms with van der Waals surface area (Å²) in [5.41, 5.74) is 3.03. The van der Waals surface area contributed by atoms with Gasteiger partial charge in [0, 0.05) is 12.2 Å². The molecule has 1 N–H and O–H groups in total. The van der Waals surface area contributed by atoms with E-state index in [9.17, 15) is 14.4 Å². The van der Waals surface area contributed by atoms with Gasteiger partial charge in [-0.15, -0.1) is 0 Å². The van der Waals surface area contributed by atoms with E-state index < -0.39 is 12.0 Å². The third-order valence-electron chi connectivity index (χ3n) is 6.13. The van der Waals surface area contributed by atoms with Gasteiger partial charge in [0.25, 0.3) is 5.91 Å². The Morgan fingerprint density at radius 1 is 0.919 bits per heavy atom. The maximum Gasteiger partial charge on any atom is 0.338 e. The molecule has 2 amide bonds. The van der Waals surface area contributed by atoms with Crippen LogP contribution in [-0.2, 0) is 27.3 Å². The van der Waals surface area contributed by atoms with E-state index in [-0.39, 0.29) is 24.8 Å². The number of carbonyl (C=O) groups excluding carboxylic acids is 3. The largest absolute Gasteiger partial charge is 0.462 e. The summed E-state index contributed by atoms with van der Waals surface area (Å²) >= 11 is 5.73. The number of nitrogens with one attached hydrogen (secondary N) is 1. The Morgan fingerprint density at radius 2 is 1.54 bits per heavy atom. The number of ether oxygens (including phenoxy) is 1. The van der Waals surface area contributed by atoms with Gasteiger partial charge < -0.3 is 15.0 Å². The number of rotatable bonds is 10. The molecular weight excluding hydrogens is 486 g/mol. The van der Waals surface area contributed by atoms with Crippen molar-refractivity contribution in [2.75, 3.05) is 18.5 Å². The third-order valence-corrected chi connectivity index (χ3v) is 6.59. The van der Waals surface area contributed by atoms with E-state index in [1.807, 2.05) is 65.6 Å². The fourth-order valence-corrected chi connectivity index (χ4v) is 4.62. The molecule has 0 radical (unpaired) electrons. The smallest absolute Gasteiger partial charge is 0.338 e. The number of benzene rings is 3. The normalized spacial score (nSPS) is 15.1. The van der Waals surface area contributed by atoms with Crippen LogP contribution in [0.3, 0.4) is 0 Å². The molecule has 0 saturated carbocycles. The Bertz CT molecular complexity index is 1250. The predicted octanol–water partition coefficient (Wildman–Crippen LogP) is 4.43. The molecule has 3 aromatic rings. The van der Waals surface area contributed by atoms with Crippen molar-refractivity contribution < 1.29 is 19.1 Å². The lowest BCUT2D eigenvalue weighted by atomic mass is 10.1. The monoisotopic (exact) mass is 515 g/mol. The lowest BCUT2D eigenvalue weighted by Gasteiger charge is -2.24. The van der Waals surface area contributed by atoms with E-state index in [2.05, 4.69) is 5.32 Å². The van der Waals surface area contributed by atoms with Gasteiger partial charge in [0.1, 0.15) is 6.04 Å². The van der Waals surface area contributed by atoms with Gasteiger partial charge in [0.2, 0.25) is 5.91 Å². The molecule has 0 aliphatic carbocycles. The predicted molar refractivity (Wildman–Crippen MR) is 146 cm³/mol. The van der Waals surface area contributed by atoms with E-state index in [4.69, 9.17) is 17.0 Å². The van der Waals surface area contributed by atoms with E-state index in [1.54, 1.807) is 36.1 Å². The topological polar surface area (TPSA) is 78.9 Å². The van der Waals surface area contributed by atoms with Crippen LogP contribution in [-0.4, -0.2) is 51.9 Å². The highest BCUT2D eigenvalue weighted by atomic mass is 32.1. The van der Waals surface area contributed by atoms with Crippen molar-refractivity contribution in [1.82, 2.24) is 9.80 Å². The minimum Gasteiger partial charge on any atom is -0.462 e. The molecular formula is C29H29N3O4S. The molecule has 7 nitrogen and oxygen atoms in total. The van der Waals surface area contributed by atoms with Gasteiger partial charge in [-0.25, -0.2) is 4.79 Å². The zero-order valence-corrected chi connectivity index (χ0v) is 21.4. The van der Waals surface area contributed by atoms with Gasteiger partial charge >= 0.3 is 5.97 Å². The van der Waals surface area contributed by atoms with Crippen molar-refractivity contribution in [3.63, 3.8) is 0 Å². The summed E-state index contributed by atoms with van der Waals surface area (Å²) < 4.78 is 4.99. The molecule has 0 spiro atoms. The van der Waals surface area contributed by atoms with Gasteiger partial charge in [-0.1, -0.05) is 60.7 Å². The highest BCUT2D eigenvalue weighted by Gasteiger charge is 2.43. The van der Waals surface area contributed by atoms with Crippen molar-refractivity contribution in [2.24, 2.45) is 0 Å². The standard InChI is InChI=1S/C29H29N3O4S/c1-2-36-28(35)23-13-15-24(16-14-23)30-26(33)19-25-27(34)32(20-22-11-7-4-8-12-22)29(37)31(25)18-17-21-9-5-3-6-10-21/h3-16,25H,2,17-20H2,1H3,(H,30,33)/t25-/m1/s1. The molecule has 1 atom stereocenters. The maximum atomic E-state index is 13.5. The fourth-order valence-electron chi connectivity index (χ4n) is 4.24. The number of esters is 1. The van der Waals surface area contributed by atoms with Crippen LogP contribution in [0, 0.1) is 0 Å². The van der Waals surface area contributed by atoms with E-state index in [1.165, 1.54) is 0 Å². The summed E-state index contributed by atoms with van der Waals surface area (Å²) in [5, 5.41) is 3.26. The van der Waals surface area contributed by atoms with E-state index >= 15 is 0 Å². The minimum absolute atomic E-state index is 0.0430. The van der Waals surface area contributed by atoms with Gasteiger partial charge in [0.15, 0.2) is 5.11 Å². The summed E-state index contributed by atoms with van der Waals surface area (Å²) in [5.74, 6) is -0.913. The number of hydrogen-bond acceptors (Lipinski definition) is 5. The lowest BCUT2D eigenvalue weighted by Crippen LogP contribution is -2.39. The number of hydrogen-bond donors (Lipinski definition) is 1. The minimum atomic E-state index is -0.696. The first kappa shape index (κ1) is 26.0. The number of thiocarbonyl (C=S) groups is 1. The van der Waals surface area contributed by atoms with E-state index in [0.29, 0.717) is 35.9 Å². The van der Waals surface area contributed by atoms with E-state index in [0.717, 1.165) is 11.1 Å². The first-order valence-electron chi connectivity index (χ1n) is 12.2. The van der Waals surface area contributed by atoms with Gasteiger partial charge in [-0.3, -0.25) is 14.5 Å². The quantitative estimate of drug-likeness (QED) is 0.318. The second-order valence-corrected chi connectivity index (χ2v) is 9.05. The first-order valence-corrected chi connectivity index (χ1v) is 12.6. The second kappa shape index (κ2) is 12.3. The van der Waals surface area contributed by atoms with Crippen LogP contribution in [0.1, 0.15) is 34.8 Å². The first-order chi connectivity index (χ1) is 18.0. The van der Waals surface area contributed by atoms with Crippen LogP contribution in [0.15, 0.2) is 84.9 Å². The number of amides is 2. The molecule has 1 saturated heterocycles. The maximum absolute atomic E-state index is 13.5. The summed E-state index contributed by atoms with van der Waals surface area (Å²) in [7, 11) is 0. The van der Waals surface area contributed by atoms with Gasteiger partial charge in [-0.2, -0.15) is 0 Å². The Kier molecular flexibility index (Phi) is 8.64. The number of carbonyl (C=O) groups is 3. The number of nitrogens with zero attached hydrogens (tertiary/aromatic N) is 2. The zero-order chi connectivity index (χ0) is 26.2. The van der Waals surface area contributed by atoms with Gasteiger partial charge in [0.05, 0.1) is 25.1 Å². The molecule has 37 heavy (non-hydrogen) atoms. The molecule has 0 aromatic heterocycles. The molecule has 8 heteroatoms. The summed E-state index contributed by atoms with van der Waals surface area (Å²) in [6, 6.07) is 25.4. The molecule has 1 fully saturated rings. The highest BCUT2D eigenvalue weighted by molar-refractivity contribution is 7.80. The molecule has 1 heterocycles. The Labute approximate surface area is 222 Å². The Balaban J connectivity index is 1.47. The second-order valence-electron chi connectivity index (χ2n) is 8.69. The molecule has 0 unspecified atom stereocenters. The van der Waals surface area contributed by atoms with Crippen LogP contribution in [0.4, 0.5) is 5.69 Å². The Hall–Kier alpha value is -4.04. The third kappa shape index (κ3) is 6.59. The highest BCUT2D eigenvalue weighted by Crippen LogP contribution is 2.24. The molecule has 1 aliphatic rings. The zero-order valence-electron chi connectivity index (χ0n) is 20.6. The average molecular weight is 516 g/mol. The van der Waals surface area contributed by atoms with Crippen molar-refractivity contribution in [2.45, 2.75) is 32.4 Å². The molecule has 1 aliphatic heterocycles. The Morgan fingerprint density at radius 3 is 2.16 bits per heavy atom. The SMILES string of the molecule is CCOC(=O)c1ccc(NC(=O)C[C@@H]2C(=O)N(Cc3ccccc3)C(=S)N2CCc2ccccc2)cc1. The molecule has 190 valence electrons. The van der Waals surface area contributed by atoms with Crippen molar-refractivity contribution >= 4 is 40.8 Å². The summed E-state index contributed by atoms with van der Waals surface area (Å²) in [6.07, 6.45) is 0.652. The summed E-state index contributed by atoms with van der Waals surface area (Å²) in [6.45, 7) is 2.91. The van der Waals surface area contributed by atoms with Crippen LogP contribution in [0.5, 0.6) is 0 Å². The van der Waals surface area contributed by atoms with Crippen LogP contribution < -0.4 is 5.32 Å². The average Bonchev–Trinajstić information content (AvgIpc) is 3.12. The lowest BCUT2D eigenvalue weighted by molar-refractivity contribution is -0.131.